The Hall–Kier alpha value is -1.39. The number of pyridine rings is 1. The molecule has 0 aliphatic heterocycles. The fraction of sp³-hybridized carbons (Fsp3) is 0.267. The van der Waals surface area contributed by atoms with Crippen LogP contribution >= 0.6 is 15.9 Å². The Bertz CT molecular complexity index is 572. The summed E-state index contributed by atoms with van der Waals surface area (Å²) < 4.78 is 0.876. The lowest BCUT2D eigenvalue weighted by Gasteiger charge is -2.25. The van der Waals surface area contributed by atoms with E-state index < -0.39 is 0 Å². The summed E-state index contributed by atoms with van der Waals surface area (Å²) >= 11 is 3.39. The van der Waals surface area contributed by atoms with Gasteiger partial charge >= 0.3 is 0 Å². The molecule has 2 rings (SSSR count). The molecular formula is C15H17BrN2O. The van der Waals surface area contributed by atoms with Crippen molar-refractivity contribution >= 4 is 27.4 Å². The van der Waals surface area contributed by atoms with Crippen LogP contribution < -0.4 is 4.90 Å². The van der Waals surface area contributed by atoms with Crippen LogP contribution in [0.15, 0.2) is 41.0 Å². The molecule has 1 aromatic carbocycles. The van der Waals surface area contributed by atoms with E-state index in [-0.39, 0.29) is 6.61 Å². The lowest BCUT2D eigenvalue weighted by atomic mass is 10.1. The lowest BCUT2D eigenvalue weighted by molar-refractivity contribution is 0.281. The first-order valence-corrected chi connectivity index (χ1v) is 7.05. The molecule has 0 fully saturated rings. The average Bonchev–Trinajstić information content (AvgIpc) is 2.43. The minimum atomic E-state index is -0.0237. The minimum Gasteiger partial charge on any atom is -0.392 e. The molecule has 0 unspecified atom stereocenters. The van der Waals surface area contributed by atoms with E-state index in [4.69, 9.17) is 0 Å². The van der Waals surface area contributed by atoms with Crippen LogP contribution in [-0.2, 0) is 6.61 Å². The van der Waals surface area contributed by atoms with Gasteiger partial charge in [0.25, 0.3) is 0 Å². The second-order valence-corrected chi connectivity index (χ2v) is 5.24. The minimum absolute atomic E-state index is 0.0237. The van der Waals surface area contributed by atoms with E-state index in [0.717, 1.165) is 28.1 Å². The second-order valence-electron chi connectivity index (χ2n) is 4.33. The molecule has 0 radical (unpaired) electrons. The quantitative estimate of drug-likeness (QED) is 0.930. The largest absolute Gasteiger partial charge is 0.392 e. The van der Waals surface area contributed by atoms with Crippen LogP contribution in [0.4, 0.5) is 11.5 Å². The number of hydrogen-bond acceptors (Lipinski definition) is 3. The zero-order valence-electron chi connectivity index (χ0n) is 11.1. The van der Waals surface area contributed by atoms with Gasteiger partial charge in [0.05, 0.1) is 6.61 Å². The first-order chi connectivity index (χ1) is 9.17. The van der Waals surface area contributed by atoms with E-state index in [1.54, 1.807) is 6.20 Å². The fourth-order valence-corrected chi connectivity index (χ4v) is 2.51. The number of rotatable bonds is 4. The Kier molecular flexibility index (Phi) is 4.56. The first-order valence-electron chi connectivity index (χ1n) is 6.25. The molecule has 19 heavy (non-hydrogen) atoms. The number of halogens is 1. The van der Waals surface area contributed by atoms with Crippen LogP contribution in [0.1, 0.15) is 18.1 Å². The normalized spacial score (nSPS) is 10.5. The van der Waals surface area contributed by atoms with Gasteiger partial charge in [-0.1, -0.05) is 18.2 Å². The topological polar surface area (TPSA) is 36.4 Å². The Labute approximate surface area is 122 Å². The summed E-state index contributed by atoms with van der Waals surface area (Å²) in [7, 11) is 0. The van der Waals surface area contributed by atoms with Crippen LogP contribution in [0.25, 0.3) is 0 Å². The predicted octanol–water partition coefficient (Wildman–Crippen LogP) is 3.80. The standard InChI is InChI=1S/C15H17BrN2O/c1-3-18(14-7-5-4-6-11(14)2)15-12(10-19)8-13(16)9-17-15/h4-9,19H,3,10H2,1-2H3. The molecule has 100 valence electrons. The number of nitrogens with zero attached hydrogens (tertiary/aromatic N) is 2. The number of aliphatic hydroxyl groups excluding tert-OH is 1. The monoisotopic (exact) mass is 320 g/mol. The summed E-state index contributed by atoms with van der Waals surface area (Å²) in [6, 6.07) is 10.1. The van der Waals surface area contributed by atoms with Crippen molar-refractivity contribution in [1.29, 1.82) is 0 Å². The molecule has 0 bridgehead atoms. The molecule has 2 aromatic rings. The molecule has 4 heteroatoms. The zero-order chi connectivity index (χ0) is 13.8. The second kappa shape index (κ2) is 6.17. The zero-order valence-corrected chi connectivity index (χ0v) is 12.7. The van der Waals surface area contributed by atoms with Crippen LogP contribution in [0, 0.1) is 6.92 Å². The average molecular weight is 321 g/mol. The van der Waals surface area contributed by atoms with Gasteiger partial charge in [-0.2, -0.15) is 0 Å². The molecule has 0 aliphatic rings. The Morgan fingerprint density at radius 1 is 1.32 bits per heavy atom. The highest BCUT2D eigenvalue weighted by Gasteiger charge is 2.14. The molecule has 1 N–H and O–H groups in total. The Morgan fingerprint density at radius 2 is 2.05 bits per heavy atom. The summed E-state index contributed by atoms with van der Waals surface area (Å²) in [6.45, 7) is 4.93. The van der Waals surface area contributed by atoms with Crippen molar-refractivity contribution in [2.45, 2.75) is 20.5 Å². The van der Waals surface area contributed by atoms with Crippen molar-refractivity contribution in [3.05, 3.63) is 52.1 Å². The van der Waals surface area contributed by atoms with Crippen molar-refractivity contribution in [1.82, 2.24) is 4.98 Å². The summed E-state index contributed by atoms with van der Waals surface area (Å²) in [5, 5.41) is 9.52. The van der Waals surface area contributed by atoms with Gasteiger partial charge in [0.2, 0.25) is 0 Å². The third kappa shape index (κ3) is 2.96. The number of hydrogen-bond donors (Lipinski definition) is 1. The molecule has 1 heterocycles. The third-order valence-electron chi connectivity index (χ3n) is 3.06. The number of aromatic nitrogens is 1. The maximum atomic E-state index is 9.52. The van der Waals surface area contributed by atoms with Crippen LogP contribution in [0.2, 0.25) is 0 Å². The Balaban J connectivity index is 2.51. The molecule has 0 aliphatic carbocycles. The van der Waals surface area contributed by atoms with Gasteiger partial charge in [0, 0.05) is 28.5 Å². The maximum absolute atomic E-state index is 9.52. The van der Waals surface area contributed by atoms with Crippen LogP contribution in [0.3, 0.4) is 0 Å². The van der Waals surface area contributed by atoms with E-state index >= 15 is 0 Å². The van der Waals surface area contributed by atoms with Gasteiger partial charge in [-0.25, -0.2) is 4.98 Å². The van der Waals surface area contributed by atoms with E-state index in [1.807, 2.05) is 18.2 Å². The Morgan fingerprint density at radius 3 is 2.68 bits per heavy atom. The van der Waals surface area contributed by atoms with Gasteiger partial charge in [0.1, 0.15) is 5.82 Å². The van der Waals surface area contributed by atoms with E-state index in [0.29, 0.717) is 0 Å². The summed E-state index contributed by atoms with van der Waals surface area (Å²) in [5.74, 6) is 0.808. The van der Waals surface area contributed by atoms with Gasteiger partial charge in [-0.05, 0) is 47.5 Å². The maximum Gasteiger partial charge on any atom is 0.138 e. The fourth-order valence-electron chi connectivity index (χ4n) is 2.13. The highest BCUT2D eigenvalue weighted by atomic mass is 79.9. The number of aliphatic hydroxyl groups is 1. The number of anilines is 2. The van der Waals surface area contributed by atoms with Crippen molar-refractivity contribution < 1.29 is 5.11 Å². The number of aryl methyl sites for hydroxylation is 1. The van der Waals surface area contributed by atoms with Crippen LogP contribution in [0.5, 0.6) is 0 Å². The number of benzene rings is 1. The summed E-state index contributed by atoms with van der Waals surface area (Å²) in [6.07, 6.45) is 1.76. The van der Waals surface area contributed by atoms with Gasteiger partial charge in [-0.15, -0.1) is 0 Å². The predicted molar refractivity (Wildman–Crippen MR) is 81.7 cm³/mol. The van der Waals surface area contributed by atoms with Gasteiger partial charge in [0.15, 0.2) is 0 Å². The van der Waals surface area contributed by atoms with Crippen molar-refractivity contribution in [2.24, 2.45) is 0 Å². The van der Waals surface area contributed by atoms with E-state index in [9.17, 15) is 5.11 Å². The molecule has 0 saturated heterocycles. The van der Waals surface area contributed by atoms with Crippen molar-refractivity contribution in [3.8, 4) is 0 Å². The van der Waals surface area contributed by atoms with Gasteiger partial charge < -0.3 is 10.0 Å². The molecular weight excluding hydrogens is 304 g/mol. The van der Waals surface area contributed by atoms with Gasteiger partial charge in [-0.3, -0.25) is 0 Å². The number of para-hydroxylation sites is 1. The molecule has 0 saturated carbocycles. The highest BCUT2D eigenvalue weighted by Crippen LogP contribution is 2.30. The molecule has 0 atom stereocenters. The third-order valence-corrected chi connectivity index (χ3v) is 3.49. The summed E-state index contributed by atoms with van der Waals surface area (Å²) in [4.78, 5) is 6.58. The summed E-state index contributed by atoms with van der Waals surface area (Å²) in [5.41, 5.74) is 3.13. The smallest absolute Gasteiger partial charge is 0.138 e. The van der Waals surface area contributed by atoms with Crippen molar-refractivity contribution in [3.63, 3.8) is 0 Å². The van der Waals surface area contributed by atoms with E-state index in [1.165, 1.54) is 5.56 Å². The molecule has 1 aromatic heterocycles. The van der Waals surface area contributed by atoms with E-state index in [2.05, 4.69) is 51.8 Å². The molecule has 0 spiro atoms. The van der Waals surface area contributed by atoms with Crippen molar-refractivity contribution in [2.75, 3.05) is 11.4 Å². The van der Waals surface area contributed by atoms with Crippen LogP contribution in [-0.4, -0.2) is 16.6 Å². The molecule has 0 amide bonds. The lowest BCUT2D eigenvalue weighted by Crippen LogP contribution is -2.20. The first kappa shape index (κ1) is 14.0. The highest BCUT2D eigenvalue weighted by molar-refractivity contribution is 9.10. The molecule has 3 nitrogen and oxygen atoms in total. The SMILES string of the molecule is CCN(c1ccccc1C)c1ncc(Br)cc1CO.